The molecule has 2 amide bonds. The molecular formula is C17H7F12N3O3. The molecule has 192 valence electrons. The topological polar surface area (TPSA) is 84.3 Å². The summed E-state index contributed by atoms with van der Waals surface area (Å²) in [5.41, 5.74) is -13.6. The number of anilines is 2. The van der Waals surface area contributed by atoms with E-state index in [4.69, 9.17) is 0 Å². The molecule has 0 bridgehead atoms. The quantitative estimate of drug-likeness (QED) is 0.249. The Morgan fingerprint density at radius 1 is 0.657 bits per heavy atom. The highest BCUT2D eigenvalue weighted by Crippen LogP contribution is 2.45. The van der Waals surface area contributed by atoms with Gasteiger partial charge in [-0.2, -0.15) is 52.7 Å². The summed E-state index contributed by atoms with van der Waals surface area (Å²) in [6.45, 7) is 0. The molecule has 0 radical (unpaired) electrons. The number of nitro benzene ring substituents is 1. The molecule has 2 N–H and O–H groups in total. The third-order valence-electron chi connectivity index (χ3n) is 4.03. The smallest absolute Gasteiger partial charge is 0.308 e. The van der Waals surface area contributed by atoms with E-state index in [0.717, 1.165) is 5.32 Å². The van der Waals surface area contributed by atoms with Gasteiger partial charge in [-0.25, -0.2) is 4.79 Å². The zero-order valence-corrected chi connectivity index (χ0v) is 16.1. The van der Waals surface area contributed by atoms with Gasteiger partial charge in [-0.3, -0.25) is 10.1 Å². The fraction of sp³-hybridized carbons (Fsp3) is 0.235. The maximum Gasteiger partial charge on any atom is 0.418 e. The van der Waals surface area contributed by atoms with E-state index >= 15 is 0 Å². The van der Waals surface area contributed by atoms with Crippen molar-refractivity contribution in [2.24, 2.45) is 0 Å². The van der Waals surface area contributed by atoms with Crippen molar-refractivity contribution in [2.75, 3.05) is 10.6 Å². The van der Waals surface area contributed by atoms with E-state index in [9.17, 15) is 67.6 Å². The van der Waals surface area contributed by atoms with E-state index in [0.29, 0.717) is 0 Å². The number of alkyl halides is 12. The zero-order chi connectivity index (χ0) is 27.1. The molecule has 0 aliphatic heterocycles. The van der Waals surface area contributed by atoms with E-state index < -0.39 is 75.0 Å². The van der Waals surface area contributed by atoms with Crippen LogP contribution in [-0.2, 0) is 24.7 Å². The monoisotopic (exact) mass is 529 g/mol. The molecule has 0 aromatic heterocycles. The summed E-state index contributed by atoms with van der Waals surface area (Å²) < 4.78 is 157. The summed E-state index contributed by atoms with van der Waals surface area (Å²) in [5, 5.41) is 13.1. The van der Waals surface area contributed by atoms with E-state index in [-0.39, 0.29) is 30.3 Å². The van der Waals surface area contributed by atoms with Crippen LogP contribution in [0.15, 0.2) is 30.3 Å². The number of hydrogen-bond donors (Lipinski definition) is 2. The molecular weight excluding hydrogens is 522 g/mol. The van der Waals surface area contributed by atoms with Crippen LogP contribution in [0.4, 0.5) is 74.5 Å². The number of non-ortho nitro benzene ring substituents is 1. The van der Waals surface area contributed by atoms with Gasteiger partial charge in [-0.15, -0.1) is 0 Å². The first-order valence-corrected chi connectivity index (χ1v) is 8.45. The van der Waals surface area contributed by atoms with Crippen molar-refractivity contribution in [1.29, 1.82) is 0 Å². The number of nitro groups is 1. The second-order valence-electron chi connectivity index (χ2n) is 6.54. The Morgan fingerprint density at radius 2 is 1.06 bits per heavy atom. The molecule has 2 aromatic carbocycles. The van der Waals surface area contributed by atoms with Crippen molar-refractivity contribution in [3.63, 3.8) is 0 Å². The lowest BCUT2D eigenvalue weighted by Gasteiger charge is -2.20. The summed E-state index contributed by atoms with van der Waals surface area (Å²) in [7, 11) is 0. The van der Waals surface area contributed by atoms with E-state index in [1.54, 1.807) is 0 Å². The molecule has 18 heteroatoms. The molecule has 2 aromatic rings. The molecule has 0 saturated heterocycles. The molecule has 0 atom stereocenters. The Labute approximate surface area is 184 Å². The number of rotatable bonds is 3. The fourth-order valence-electron chi connectivity index (χ4n) is 2.62. The molecule has 0 aliphatic rings. The highest BCUT2D eigenvalue weighted by molar-refractivity contribution is 6.01. The lowest BCUT2D eigenvalue weighted by atomic mass is 10.0. The third kappa shape index (κ3) is 6.66. The van der Waals surface area contributed by atoms with Crippen LogP contribution >= 0.6 is 0 Å². The second kappa shape index (κ2) is 8.81. The molecule has 6 nitrogen and oxygen atoms in total. The standard InChI is InChI=1S/C17H7F12N3O3/c18-14(19,20)6-1-7(15(21,22)23)3-8(2-6)30-13(33)31-12-10(16(24,25)26)4-9(32(34)35)5-11(12)17(27,28)29/h1-5H,(H2,30,31,33). The molecule has 0 saturated carbocycles. The van der Waals surface area contributed by atoms with Gasteiger partial charge in [0.15, 0.2) is 0 Å². The van der Waals surface area contributed by atoms with Crippen LogP contribution in [0.1, 0.15) is 22.3 Å². The predicted molar refractivity (Wildman–Crippen MR) is 92.2 cm³/mol. The van der Waals surface area contributed by atoms with Crippen LogP contribution < -0.4 is 10.6 Å². The van der Waals surface area contributed by atoms with Crippen molar-refractivity contribution in [3.8, 4) is 0 Å². The number of urea groups is 1. The number of hydrogen-bond acceptors (Lipinski definition) is 3. The second-order valence-corrected chi connectivity index (χ2v) is 6.54. The summed E-state index contributed by atoms with van der Waals surface area (Å²) in [6, 6.07) is -3.27. The van der Waals surface area contributed by atoms with Crippen LogP contribution in [0.2, 0.25) is 0 Å². The number of benzene rings is 2. The Hall–Kier alpha value is -3.73. The molecule has 2 rings (SSSR count). The van der Waals surface area contributed by atoms with Crippen molar-refractivity contribution in [3.05, 3.63) is 62.7 Å². The predicted octanol–water partition coefficient (Wildman–Crippen LogP) is 7.31. The minimum Gasteiger partial charge on any atom is -0.308 e. The van der Waals surface area contributed by atoms with Crippen LogP contribution in [0.25, 0.3) is 0 Å². The lowest BCUT2D eigenvalue weighted by Crippen LogP contribution is -2.25. The first-order valence-electron chi connectivity index (χ1n) is 8.45. The Kier molecular flexibility index (Phi) is 6.92. The summed E-state index contributed by atoms with van der Waals surface area (Å²) in [4.78, 5) is 21.2. The average Bonchev–Trinajstić information content (AvgIpc) is 2.64. The van der Waals surface area contributed by atoms with Crippen LogP contribution in [0.3, 0.4) is 0 Å². The van der Waals surface area contributed by atoms with Crippen LogP contribution in [-0.4, -0.2) is 11.0 Å². The highest BCUT2D eigenvalue weighted by Gasteiger charge is 2.44. The maximum atomic E-state index is 13.3. The molecule has 0 unspecified atom stereocenters. The molecule has 35 heavy (non-hydrogen) atoms. The first kappa shape index (κ1) is 27.5. The van der Waals surface area contributed by atoms with Crippen molar-refractivity contribution in [2.45, 2.75) is 24.7 Å². The minimum absolute atomic E-state index is 0.0556. The van der Waals surface area contributed by atoms with Crippen molar-refractivity contribution < 1.29 is 62.4 Å². The van der Waals surface area contributed by atoms with Crippen LogP contribution in [0, 0.1) is 10.1 Å². The molecule has 0 fully saturated rings. The zero-order valence-electron chi connectivity index (χ0n) is 16.1. The third-order valence-corrected chi connectivity index (χ3v) is 4.03. The number of nitrogens with one attached hydrogen (secondary N) is 2. The van der Waals surface area contributed by atoms with Gasteiger partial charge < -0.3 is 10.6 Å². The largest absolute Gasteiger partial charge is 0.418 e. The summed E-state index contributed by atoms with van der Waals surface area (Å²) >= 11 is 0. The van der Waals surface area contributed by atoms with Crippen molar-refractivity contribution in [1.82, 2.24) is 0 Å². The summed E-state index contributed by atoms with van der Waals surface area (Å²) in [6.07, 6.45) is -22.2. The van der Waals surface area contributed by atoms with Crippen molar-refractivity contribution >= 4 is 23.1 Å². The molecule has 0 heterocycles. The summed E-state index contributed by atoms with van der Waals surface area (Å²) in [5.74, 6) is 0. The number of carbonyl (C=O) groups is 1. The first-order chi connectivity index (χ1) is 15.6. The van der Waals surface area contributed by atoms with E-state index in [1.807, 2.05) is 0 Å². The van der Waals surface area contributed by atoms with Gasteiger partial charge in [0.25, 0.3) is 5.69 Å². The number of halogens is 12. The maximum absolute atomic E-state index is 13.3. The van der Waals surface area contributed by atoms with Gasteiger partial charge in [-0.05, 0) is 18.2 Å². The van der Waals surface area contributed by atoms with E-state index in [2.05, 4.69) is 0 Å². The SMILES string of the molecule is O=C(Nc1cc(C(F)(F)F)cc(C(F)(F)F)c1)Nc1c(C(F)(F)F)cc([N+](=O)[O-])cc1C(F)(F)F. The molecule has 0 spiro atoms. The highest BCUT2D eigenvalue weighted by atomic mass is 19.4. The van der Waals surface area contributed by atoms with Gasteiger partial charge in [0, 0.05) is 17.8 Å². The van der Waals surface area contributed by atoms with Crippen LogP contribution in [0.5, 0.6) is 0 Å². The number of nitrogens with zero attached hydrogens (tertiary/aromatic N) is 1. The Bertz CT molecular complexity index is 1080. The minimum atomic E-state index is -5.71. The van der Waals surface area contributed by atoms with Gasteiger partial charge in [0.1, 0.15) is 0 Å². The van der Waals surface area contributed by atoms with Gasteiger partial charge in [0.2, 0.25) is 0 Å². The van der Waals surface area contributed by atoms with Gasteiger partial charge in [0.05, 0.1) is 32.9 Å². The Balaban J connectivity index is 2.59. The van der Waals surface area contributed by atoms with Gasteiger partial charge >= 0.3 is 30.7 Å². The van der Waals surface area contributed by atoms with E-state index in [1.165, 1.54) is 5.32 Å². The number of carbonyl (C=O) groups excluding carboxylic acids is 1. The normalized spacial score (nSPS) is 12.9. The fourth-order valence-corrected chi connectivity index (χ4v) is 2.62. The van der Waals surface area contributed by atoms with Gasteiger partial charge in [-0.1, -0.05) is 0 Å². The average molecular weight is 529 g/mol. The number of amides is 2. The Morgan fingerprint density at radius 3 is 1.37 bits per heavy atom. The molecule has 0 aliphatic carbocycles. The lowest BCUT2D eigenvalue weighted by molar-refractivity contribution is -0.385.